The number of amides is 1. The number of rotatable bonds is 4. The van der Waals surface area contributed by atoms with Gasteiger partial charge in [0.25, 0.3) is 5.91 Å². The summed E-state index contributed by atoms with van der Waals surface area (Å²) >= 11 is 3.27. The Kier molecular flexibility index (Phi) is 4.90. The minimum Gasteiger partial charge on any atom is -0.454 e. The number of benzene rings is 1. The van der Waals surface area contributed by atoms with Crippen LogP contribution in [0.2, 0.25) is 0 Å². The zero-order valence-corrected chi connectivity index (χ0v) is 14.4. The first kappa shape index (κ1) is 16.2. The largest absolute Gasteiger partial charge is 0.454 e. The van der Waals surface area contributed by atoms with Gasteiger partial charge in [0.2, 0.25) is 6.79 Å². The second-order valence-electron chi connectivity index (χ2n) is 5.03. The molecule has 1 aromatic carbocycles. The molecule has 0 unspecified atom stereocenters. The normalized spacial score (nSPS) is 13.3. The number of hydrogen-bond donors (Lipinski definition) is 1. The molecule has 1 aliphatic rings. The van der Waals surface area contributed by atoms with E-state index in [1.165, 1.54) is 6.20 Å². The second-order valence-corrected chi connectivity index (χ2v) is 5.95. The summed E-state index contributed by atoms with van der Waals surface area (Å²) < 4.78 is 11.3. The van der Waals surface area contributed by atoms with Gasteiger partial charge in [-0.2, -0.15) is 5.10 Å². The van der Waals surface area contributed by atoms with Gasteiger partial charge in [-0.15, -0.1) is 0 Å². The monoisotopic (exact) mass is 387 g/mol. The lowest BCUT2D eigenvalue weighted by Crippen LogP contribution is -2.18. The molecule has 122 valence electrons. The summed E-state index contributed by atoms with van der Waals surface area (Å²) in [6.45, 7) is 2.04. The van der Waals surface area contributed by atoms with Crippen LogP contribution >= 0.6 is 15.9 Å². The Morgan fingerprint density at radius 2 is 2.12 bits per heavy atom. The lowest BCUT2D eigenvalue weighted by atomic mass is 10.2. The molecule has 2 heterocycles. The molecule has 1 N–H and O–H groups in total. The summed E-state index contributed by atoms with van der Waals surface area (Å²) in [6.07, 6.45) is 6.78. The summed E-state index contributed by atoms with van der Waals surface area (Å²) in [7, 11) is 0. The van der Waals surface area contributed by atoms with Crippen LogP contribution in [0.5, 0.6) is 11.5 Å². The van der Waals surface area contributed by atoms with Gasteiger partial charge in [0.15, 0.2) is 11.5 Å². The summed E-state index contributed by atoms with van der Waals surface area (Å²) in [5.74, 6) is 1.15. The second kappa shape index (κ2) is 7.27. The minimum atomic E-state index is -0.320. The van der Waals surface area contributed by atoms with Gasteiger partial charge in [0.1, 0.15) is 0 Å². The Labute approximate surface area is 147 Å². The summed E-state index contributed by atoms with van der Waals surface area (Å²) in [5, 5.41) is 4.05. The number of ether oxygens (including phenoxy) is 2. The summed E-state index contributed by atoms with van der Waals surface area (Å²) in [6, 6.07) is 7.34. The first-order chi connectivity index (χ1) is 11.6. The minimum absolute atomic E-state index is 0.249. The molecule has 0 aliphatic carbocycles. The molecule has 0 atom stereocenters. The van der Waals surface area contributed by atoms with Gasteiger partial charge in [-0.05, 0) is 52.7 Å². The fourth-order valence-electron chi connectivity index (χ4n) is 2.01. The maximum absolute atomic E-state index is 12.0. The van der Waals surface area contributed by atoms with Crippen LogP contribution in [-0.2, 0) is 0 Å². The number of allylic oxidation sites excluding steroid dienone is 1. The molecule has 0 saturated heterocycles. The number of carbonyl (C=O) groups is 1. The molecule has 7 heteroatoms. The number of pyridine rings is 1. The number of hydrogen-bond acceptors (Lipinski definition) is 5. The fraction of sp³-hybridized carbons (Fsp3) is 0.118. The molecule has 0 bridgehead atoms. The highest BCUT2D eigenvalue weighted by atomic mass is 79.9. The highest BCUT2D eigenvalue weighted by Crippen LogP contribution is 2.32. The van der Waals surface area contributed by atoms with E-state index in [-0.39, 0.29) is 12.7 Å². The average Bonchev–Trinajstić information content (AvgIpc) is 3.05. The van der Waals surface area contributed by atoms with Crippen LogP contribution in [0, 0.1) is 0 Å². The van der Waals surface area contributed by atoms with Crippen molar-refractivity contribution in [1.29, 1.82) is 0 Å². The topological polar surface area (TPSA) is 72.8 Å². The Bertz CT molecular complexity index is 834. The molecule has 1 aromatic heterocycles. The SMILES string of the molecule is CC(/C=C\c1ccc2c(c1)OCO2)=N/NC(=O)c1cncc(Br)c1. The Hall–Kier alpha value is -2.67. The first-order valence-corrected chi connectivity index (χ1v) is 7.94. The van der Waals surface area contributed by atoms with Crippen molar-refractivity contribution in [2.24, 2.45) is 5.10 Å². The lowest BCUT2D eigenvalue weighted by Gasteiger charge is -2.01. The van der Waals surface area contributed by atoms with Crippen molar-refractivity contribution in [2.75, 3.05) is 6.79 Å². The molecule has 0 radical (unpaired) electrons. The molecule has 24 heavy (non-hydrogen) atoms. The van der Waals surface area contributed by atoms with Gasteiger partial charge in [0.05, 0.1) is 11.3 Å². The van der Waals surface area contributed by atoms with E-state index in [1.807, 2.05) is 24.3 Å². The van der Waals surface area contributed by atoms with E-state index in [2.05, 4.69) is 31.4 Å². The number of fused-ring (bicyclic) bond motifs is 1. The predicted octanol–water partition coefficient (Wildman–Crippen LogP) is 3.39. The quantitative estimate of drug-likeness (QED) is 0.644. The maximum atomic E-state index is 12.0. The number of hydrazone groups is 1. The first-order valence-electron chi connectivity index (χ1n) is 7.15. The van der Waals surface area contributed by atoms with Crippen molar-refractivity contribution in [3.05, 3.63) is 58.3 Å². The third-order valence-corrected chi connectivity index (χ3v) is 3.65. The Morgan fingerprint density at radius 3 is 2.96 bits per heavy atom. The van der Waals surface area contributed by atoms with E-state index in [0.717, 1.165) is 21.5 Å². The van der Waals surface area contributed by atoms with Crippen LogP contribution in [0.4, 0.5) is 0 Å². The van der Waals surface area contributed by atoms with Crippen LogP contribution in [0.25, 0.3) is 6.08 Å². The van der Waals surface area contributed by atoms with Gasteiger partial charge >= 0.3 is 0 Å². The molecule has 1 aliphatic heterocycles. The van der Waals surface area contributed by atoms with Gasteiger partial charge in [-0.3, -0.25) is 9.78 Å². The lowest BCUT2D eigenvalue weighted by molar-refractivity contribution is 0.0954. The van der Waals surface area contributed by atoms with Crippen LogP contribution in [-0.4, -0.2) is 23.4 Å². The number of nitrogens with one attached hydrogen (secondary N) is 1. The van der Waals surface area contributed by atoms with Crippen molar-refractivity contribution in [1.82, 2.24) is 10.4 Å². The summed E-state index contributed by atoms with van der Waals surface area (Å²) in [5.41, 5.74) is 4.54. The number of aromatic nitrogens is 1. The van der Waals surface area contributed by atoms with Crippen molar-refractivity contribution in [3.8, 4) is 11.5 Å². The average molecular weight is 388 g/mol. The van der Waals surface area contributed by atoms with E-state index in [9.17, 15) is 4.79 Å². The molecule has 0 spiro atoms. The predicted molar refractivity (Wildman–Crippen MR) is 94.1 cm³/mol. The van der Waals surface area contributed by atoms with Crippen molar-refractivity contribution >= 4 is 33.6 Å². The third-order valence-electron chi connectivity index (χ3n) is 3.21. The standard InChI is InChI=1S/C17H14BrN3O3/c1-11(20-21-17(22)13-7-14(18)9-19-8-13)2-3-12-4-5-15-16(6-12)24-10-23-15/h2-9H,10H2,1H3,(H,21,22)/b3-2-,20-11-. The highest BCUT2D eigenvalue weighted by Gasteiger charge is 2.12. The molecule has 6 nitrogen and oxygen atoms in total. The third kappa shape index (κ3) is 3.99. The van der Waals surface area contributed by atoms with Crippen molar-refractivity contribution in [2.45, 2.75) is 6.92 Å². The Morgan fingerprint density at radius 1 is 1.29 bits per heavy atom. The van der Waals surface area contributed by atoms with E-state index in [0.29, 0.717) is 11.3 Å². The van der Waals surface area contributed by atoms with Gasteiger partial charge in [0, 0.05) is 16.9 Å². The van der Waals surface area contributed by atoms with Gasteiger partial charge in [-0.25, -0.2) is 5.43 Å². The molecule has 2 aromatic rings. The Balaban J connectivity index is 1.62. The van der Waals surface area contributed by atoms with E-state index < -0.39 is 0 Å². The smallest absolute Gasteiger partial charge is 0.272 e. The zero-order chi connectivity index (χ0) is 16.9. The van der Waals surface area contributed by atoms with E-state index in [4.69, 9.17) is 9.47 Å². The number of halogens is 1. The molecular weight excluding hydrogens is 374 g/mol. The van der Waals surface area contributed by atoms with Gasteiger partial charge in [-0.1, -0.05) is 12.1 Å². The number of nitrogens with zero attached hydrogens (tertiary/aromatic N) is 2. The summed E-state index contributed by atoms with van der Waals surface area (Å²) in [4.78, 5) is 15.9. The molecule has 0 fully saturated rings. The van der Waals surface area contributed by atoms with E-state index >= 15 is 0 Å². The molecule has 0 saturated carbocycles. The van der Waals surface area contributed by atoms with Crippen molar-refractivity contribution in [3.63, 3.8) is 0 Å². The fourth-order valence-corrected chi connectivity index (χ4v) is 2.38. The van der Waals surface area contributed by atoms with Crippen LogP contribution in [0.3, 0.4) is 0 Å². The molecule has 1 amide bonds. The van der Waals surface area contributed by atoms with Gasteiger partial charge < -0.3 is 9.47 Å². The van der Waals surface area contributed by atoms with Crippen molar-refractivity contribution < 1.29 is 14.3 Å². The maximum Gasteiger partial charge on any atom is 0.272 e. The highest BCUT2D eigenvalue weighted by molar-refractivity contribution is 9.10. The molecule has 3 rings (SSSR count). The van der Waals surface area contributed by atoms with Crippen LogP contribution in [0.1, 0.15) is 22.8 Å². The van der Waals surface area contributed by atoms with Crippen LogP contribution in [0.15, 0.2) is 52.3 Å². The zero-order valence-electron chi connectivity index (χ0n) is 12.8. The van der Waals surface area contributed by atoms with E-state index in [1.54, 1.807) is 25.3 Å². The van der Waals surface area contributed by atoms with Crippen LogP contribution < -0.4 is 14.9 Å². The molecular formula is C17H14BrN3O3. The number of carbonyl (C=O) groups excluding carboxylic acids is 1.